The van der Waals surface area contributed by atoms with E-state index in [0.29, 0.717) is 27.5 Å². The van der Waals surface area contributed by atoms with Crippen molar-refractivity contribution in [3.8, 4) is 16.2 Å². The Morgan fingerprint density at radius 3 is 1.64 bits per heavy atom. The van der Waals surface area contributed by atoms with Gasteiger partial charge in [-0.25, -0.2) is 0 Å². The second kappa shape index (κ2) is 18.6. The molecule has 0 radical (unpaired) electrons. The molecule has 4 amide bonds. The number of amides is 4. The average Bonchev–Trinajstić information content (AvgIpc) is 3.76. The van der Waals surface area contributed by atoms with Crippen LogP contribution in [0.25, 0.3) is 16.8 Å². The number of rotatable bonds is 10. The molecule has 321 valence electrons. The molecule has 2 heterocycles. The second-order valence-electron chi connectivity index (χ2n) is 17.3. The van der Waals surface area contributed by atoms with E-state index in [4.69, 9.17) is 0 Å². The summed E-state index contributed by atoms with van der Waals surface area (Å²) in [6, 6.07) is 35.3. The molecular formula is C56H51N2O4OsP+. The van der Waals surface area contributed by atoms with Gasteiger partial charge in [-0.1, -0.05) is 19.9 Å². The fraction of sp³-hybridized carbons (Fsp3) is 0.232. The van der Waals surface area contributed by atoms with Crippen LogP contribution in [-0.4, -0.2) is 46.5 Å². The van der Waals surface area contributed by atoms with Crippen molar-refractivity contribution in [3.05, 3.63) is 177 Å². The molecule has 8 rings (SSSR count). The summed E-state index contributed by atoms with van der Waals surface area (Å²) in [5.41, 5.74) is 5.21. The minimum absolute atomic E-state index is 0.000970. The fourth-order valence-corrected chi connectivity index (χ4v) is 15.2. The summed E-state index contributed by atoms with van der Waals surface area (Å²) in [6.45, 7) is 12.2. The van der Waals surface area contributed by atoms with Gasteiger partial charge in [-0.2, -0.15) is 0 Å². The van der Waals surface area contributed by atoms with Crippen LogP contribution in [-0.2, 0) is 17.9 Å². The topological polar surface area (TPSA) is 74.8 Å². The summed E-state index contributed by atoms with van der Waals surface area (Å²) < 4.78 is 3.76. The molecule has 0 unspecified atom stereocenters. The molecule has 3 aliphatic rings. The van der Waals surface area contributed by atoms with Crippen molar-refractivity contribution in [3.63, 3.8) is 0 Å². The van der Waals surface area contributed by atoms with Gasteiger partial charge in [0.1, 0.15) is 0 Å². The molecule has 1 fully saturated rings. The van der Waals surface area contributed by atoms with E-state index in [9.17, 15) is 19.2 Å². The second-order valence-corrected chi connectivity index (χ2v) is 21.3. The Bertz CT molecular complexity index is 2880. The molecule has 0 aromatic heterocycles. The first kappa shape index (κ1) is 44.6. The monoisotopic (exact) mass is 1040 g/mol. The number of nitrogens with zero attached hydrogens (tertiary/aromatic N) is 2. The van der Waals surface area contributed by atoms with E-state index < -0.39 is 30.9 Å². The van der Waals surface area contributed by atoms with Gasteiger partial charge in [0.15, 0.2) is 0 Å². The van der Waals surface area contributed by atoms with Gasteiger partial charge in [0.25, 0.3) is 0 Å². The van der Waals surface area contributed by atoms with Crippen LogP contribution in [0.5, 0.6) is 0 Å². The van der Waals surface area contributed by atoms with Crippen molar-refractivity contribution in [2.24, 2.45) is 11.8 Å². The molecule has 0 atom stereocenters. The van der Waals surface area contributed by atoms with Crippen molar-refractivity contribution >= 4 is 63.7 Å². The summed E-state index contributed by atoms with van der Waals surface area (Å²) in [4.78, 5) is 61.3. The molecule has 1 aliphatic carbocycles. The Balaban J connectivity index is 1.53. The van der Waals surface area contributed by atoms with Gasteiger partial charge in [-0.05, 0) is 6.92 Å². The predicted octanol–water partition coefficient (Wildman–Crippen LogP) is 10.5. The van der Waals surface area contributed by atoms with Gasteiger partial charge >= 0.3 is 362 Å². The first-order valence-corrected chi connectivity index (χ1v) is 25.1. The van der Waals surface area contributed by atoms with E-state index in [0.717, 1.165) is 46.1 Å². The van der Waals surface area contributed by atoms with E-state index in [1.54, 1.807) is 36.2 Å². The van der Waals surface area contributed by atoms with Gasteiger partial charge in [-0.15, -0.1) is 0 Å². The Morgan fingerprint density at radius 2 is 1.16 bits per heavy atom. The minimum atomic E-state index is -2.71. The summed E-state index contributed by atoms with van der Waals surface area (Å²) in [6.07, 6.45) is 10.9. The van der Waals surface area contributed by atoms with Crippen molar-refractivity contribution in [1.82, 2.24) is 9.80 Å². The van der Waals surface area contributed by atoms with Crippen molar-refractivity contribution in [2.45, 2.75) is 60.8 Å². The number of benzene rings is 5. The average molecular weight is 1040 g/mol. The Labute approximate surface area is 387 Å². The maximum absolute atomic E-state index is 15.0. The maximum atomic E-state index is 15.0. The van der Waals surface area contributed by atoms with Crippen LogP contribution in [0.15, 0.2) is 143 Å². The molecule has 8 heteroatoms. The van der Waals surface area contributed by atoms with Crippen LogP contribution in [0, 0.1) is 28.0 Å². The number of carbonyl (C=O) groups excluding carboxylic acids is 4. The van der Waals surface area contributed by atoms with E-state index in [1.165, 1.54) is 20.9 Å². The van der Waals surface area contributed by atoms with Gasteiger partial charge in [0, 0.05) is 0 Å². The molecule has 64 heavy (non-hydrogen) atoms. The standard InChI is InChI=1S/C56H51N2O4P.Os/c1-8-20-42-32-47-52-50(56(62)58(53(47)59)35-37(5)6)43(33-48-51(52)49(42)55(61)57(54(48)60)34-36(3)4)30-29-40(31-41-22-19-21-39(41)9-2)38(7)63(44-23-13-10-14-24-44,45-25-15-11-16-26-45)46-27-17-12-18-28-46;/h8-18,20,23-28,31-33,36-37H,19,21-22,34-35H2,1-6H3;/q+1;/b20-8+,39-9?,40-38?,41-31?;. The normalized spacial score (nSPS) is 16.7. The molecule has 0 bridgehead atoms. The van der Waals surface area contributed by atoms with Gasteiger partial charge in [0.2, 0.25) is 0 Å². The number of allylic oxidation sites excluding steroid dienone is 7. The molecular weight excluding hydrogens is 986 g/mol. The molecule has 0 saturated heterocycles. The Hall–Kier alpha value is -5.99. The Morgan fingerprint density at radius 1 is 0.672 bits per heavy atom. The van der Waals surface area contributed by atoms with Crippen LogP contribution in [0.4, 0.5) is 0 Å². The van der Waals surface area contributed by atoms with Gasteiger partial charge in [0.05, 0.1) is 0 Å². The van der Waals surface area contributed by atoms with Crippen molar-refractivity contribution in [1.29, 1.82) is 0 Å². The van der Waals surface area contributed by atoms with Crippen molar-refractivity contribution in [2.75, 3.05) is 13.1 Å². The van der Waals surface area contributed by atoms with Crippen molar-refractivity contribution < 1.29 is 37.1 Å². The van der Waals surface area contributed by atoms with E-state index in [1.807, 2.05) is 58.9 Å². The zero-order valence-electron chi connectivity index (χ0n) is 37.1. The third-order valence-electron chi connectivity index (χ3n) is 12.2. The third kappa shape index (κ3) is 7.74. The number of imide groups is 2. The summed E-state index contributed by atoms with van der Waals surface area (Å²) in [5, 5.41) is 5.06. The first-order valence-electron chi connectivity index (χ1n) is 22.0. The third-order valence-corrected chi connectivity index (χ3v) is 17.5. The molecule has 5 aromatic rings. The first-order chi connectivity index (χ1) is 31.0. The van der Waals surface area contributed by atoms with Gasteiger partial charge < -0.3 is 0 Å². The molecule has 1 saturated carbocycles. The molecule has 0 spiro atoms. The van der Waals surface area contributed by atoms with Gasteiger partial charge in [-0.3, -0.25) is 0 Å². The zero-order chi connectivity index (χ0) is 45.3. The molecule has 0 N–H and O–H groups in total. The fourth-order valence-electron chi connectivity index (χ4n) is 9.50. The zero-order valence-corrected chi connectivity index (χ0v) is 40.6. The van der Waals surface area contributed by atoms with E-state index >= 15 is 0 Å². The quantitative estimate of drug-likeness (QED) is 0.0794. The number of hydrogen-bond donors (Lipinski definition) is 0. The van der Waals surface area contributed by atoms with E-state index in [2.05, 4.69) is 108 Å². The molecule has 6 nitrogen and oxygen atoms in total. The number of hydrogen-bond acceptors (Lipinski definition) is 4. The summed E-state index contributed by atoms with van der Waals surface area (Å²) in [7, 11) is -2.71. The van der Waals surface area contributed by atoms with Crippen LogP contribution >= 0.6 is 7.26 Å². The summed E-state index contributed by atoms with van der Waals surface area (Å²) in [5.74, 6) is 5.33. The van der Waals surface area contributed by atoms with Crippen LogP contribution < -0.4 is 15.9 Å². The molecule has 2 aliphatic heterocycles. The SMILES string of the molecule is CC=C1CCCC1=CC(C#Cc1cc2c3c(c(/C=C/C)cc4c3c1C(=O)N(CC(C)C)C4=O)C(=O)N(CC(C)C)C2=O)=C([C]#[Os])[P+](c1ccccc1)(c1ccccc1)c1ccccc1. The predicted molar refractivity (Wildman–Crippen MR) is 258 cm³/mol. The Kier molecular flexibility index (Phi) is 13.0. The number of carbonyl (C=O) groups is 4. The molecule has 5 aromatic carbocycles. The van der Waals surface area contributed by atoms with Crippen LogP contribution in [0.3, 0.4) is 0 Å². The summed E-state index contributed by atoms with van der Waals surface area (Å²) >= 11 is 1.69. The van der Waals surface area contributed by atoms with Crippen LogP contribution in [0.2, 0.25) is 0 Å². The van der Waals surface area contributed by atoms with E-state index in [-0.39, 0.29) is 41.6 Å². The van der Waals surface area contributed by atoms with Crippen LogP contribution in [0.1, 0.15) is 113 Å².